The van der Waals surface area contributed by atoms with Crippen LogP contribution < -0.4 is 15.8 Å². The zero-order valence-corrected chi connectivity index (χ0v) is 29.7. The molecule has 2 N–H and O–H groups in total. The van der Waals surface area contributed by atoms with Crippen LogP contribution >= 0.6 is 0 Å². The van der Waals surface area contributed by atoms with Gasteiger partial charge in [-0.05, 0) is 135 Å². The second-order valence-electron chi connectivity index (χ2n) is 14.0. The number of rotatable bonds is 10. The SMILES string of the molecule is CCN(c1cc(-c2ccc(CN3CCCN(C)CC3)nc2)cc(C(=O)NCc2c(C)cc(C)[nH]c2=O)c1C)[C@H]1CC[C@H](N(C)C)CC1. The molecule has 47 heavy (non-hydrogen) atoms. The third-order valence-electron chi connectivity index (χ3n) is 10.4. The summed E-state index contributed by atoms with van der Waals surface area (Å²) in [7, 11) is 6.55. The van der Waals surface area contributed by atoms with Crippen LogP contribution in [0.2, 0.25) is 0 Å². The Morgan fingerprint density at radius 3 is 2.38 bits per heavy atom. The van der Waals surface area contributed by atoms with E-state index in [0.717, 1.165) is 91.4 Å². The van der Waals surface area contributed by atoms with Crippen molar-refractivity contribution in [3.8, 4) is 11.1 Å². The minimum atomic E-state index is -0.173. The molecule has 0 unspecified atom stereocenters. The van der Waals surface area contributed by atoms with Crippen molar-refractivity contribution in [1.29, 1.82) is 0 Å². The molecule has 1 saturated carbocycles. The lowest BCUT2D eigenvalue weighted by molar-refractivity contribution is 0.0950. The number of hydrogen-bond donors (Lipinski definition) is 2. The topological polar surface area (TPSA) is 87.8 Å². The van der Waals surface area contributed by atoms with Gasteiger partial charge in [-0.1, -0.05) is 6.07 Å². The van der Waals surface area contributed by atoms with Crippen molar-refractivity contribution in [2.24, 2.45) is 0 Å². The molecule has 2 aliphatic rings. The lowest BCUT2D eigenvalue weighted by Crippen LogP contribution is -2.42. The summed E-state index contributed by atoms with van der Waals surface area (Å²) in [5, 5.41) is 3.07. The Morgan fingerprint density at radius 2 is 1.72 bits per heavy atom. The van der Waals surface area contributed by atoms with Gasteiger partial charge in [0.2, 0.25) is 0 Å². The number of amides is 1. The molecule has 0 radical (unpaired) electrons. The fourth-order valence-corrected chi connectivity index (χ4v) is 7.45. The number of anilines is 1. The molecule has 1 aliphatic heterocycles. The molecule has 9 heteroatoms. The smallest absolute Gasteiger partial charge is 0.253 e. The molecule has 5 rings (SSSR count). The highest BCUT2D eigenvalue weighted by Crippen LogP contribution is 2.35. The van der Waals surface area contributed by atoms with Gasteiger partial charge < -0.3 is 25.0 Å². The van der Waals surface area contributed by atoms with Crippen molar-refractivity contribution in [3.05, 3.63) is 80.5 Å². The van der Waals surface area contributed by atoms with Gasteiger partial charge in [-0.3, -0.25) is 19.5 Å². The summed E-state index contributed by atoms with van der Waals surface area (Å²) in [5.41, 5.74) is 7.87. The number of carbonyl (C=O) groups is 1. The van der Waals surface area contributed by atoms with Crippen molar-refractivity contribution >= 4 is 11.6 Å². The highest BCUT2D eigenvalue weighted by molar-refractivity contribution is 5.99. The van der Waals surface area contributed by atoms with E-state index in [0.29, 0.717) is 23.2 Å². The number of likely N-dealkylation sites (N-methyl/N-ethyl adjacent to an activating group) is 1. The first-order valence-corrected chi connectivity index (χ1v) is 17.5. The Hall–Kier alpha value is -3.53. The minimum Gasteiger partial charge on any atom is -0.369 e. The number of benzene rings is 1. The Balaban J connectivity index is 1.45. The highest BCUT2D eigenvalue weighted by atomic mass is 16.1. The number of pyridine rings is 2. The van der Waals surface area contributed by atoms with Gasteiger partial charge in [0.25, 0.3) is 11.5 Å². The van der Waals surface area contributed by atoms with E-state index in [9.17, 15) is 9.59 Å². The van der Waals surface area contributed by atoms with Crippen LogP contribution in [0.4, 0.5) is 5.69 Å². The van der Waals surface area contributed by atoms with Gasteiger partial charge in [0, 0.05) is 79.1 Å². The number of H-pyrrole nitrogens is 1. The van der Waals surface area contributed by atoms with Crippen LogP contribution in [0.3, 0.4) is 0 Å². The van der Waals surface area contributed by atoms with Crippen LogP contribution in [-0.4, -0.2) is 96.5 Å². The first kappa shape index (κ1) is 34.8. The van der Waals surface area contributed by atoms with Crippen molar-refractivity contribution < 1.29 is 4.79 Å². The standard InChI is InChI=1S/C38H55N7O2/c1-8-45(33-14-12-32(13-15-33)42(5)6)36-22-30(29-10-11-31(39-23-29)25-44-17-9-16-43(7)18-19-44)21-34(28(36)4)37(46)40-24-35-26(2)20-27(3)41-38(35)47/h10-11,20-23,32-33H,8-9,12-19,24-25H2,1-7H3,(H,40,46)(H,41,47)/t32-,33-. The Bertz CT molecular complexity index is 1570. The fraction of sp³-hybridized carbons (Fsp3) is 0.553. The molecule has 1 aromatic carbocycles. The van der Waals surface area contributed by atoms with Crippen LogP contribution in [0.5, 0.6) is 0 Å². The summed E-state index contributed by atoms with van der Waals surface area (Å²) >= 11 is 0. The second kappa shape index (κ2) is 15.6. The molecule has 0 bridgehead atoms. The summed E-state index contributed by atoms with van der Waals surface area (Å²) < 4.78 is 0. The average Bonchev–Trinajstić information content (AvgIpc) is 3.25. The van der Waals surface area contributed by atoms with Gasteiger partial charge in [-0.2, -0.15) is 0 Å². The Kier molecular flexibility index (Phi) is 11.5. The molecule has 1 aliphatic carbocycles. The van der Waals surface area contributed by atoms with Gasteiger partial charge in [-0.15, -0.1) is 0 Å². The molecular weight excluding hydrogens is 586 g/mol. The highest BCUT2D eigenvalue weighted by Gasteiger charge is 2.28. The molecule has 3 aromatic rings. The van der Waals surface area contributed by atoms with E-state index < -0.39 is 0 Å². The van der Waals surface area contributed by atoms with Gasteiger partial charge >= 0.3 is 0 Å². The Morgan fingerprint density at radius 1 is 0.979 bits per heavy atom. The molecule has 3 heterocycles. The number of carbonyl (C=O) groups excluding carboxylic acids is 1. The van der Waals surface area contributed by atoms with E-state index >= 15 is 0 Å². The van der Waals surface area contributed by atoms with Gasteiger partial charge in [-0.25, -0.2) is 0 Å². The Labute approximate surface area is 281 Å². The summed E-state index contributed by atoms with van der Waals surface area (Å²) in [6.07, 6.45) is 7.73. The molecule has 0 atom stereocenters. The summed E-state index contributed by atoms with van der Waals surface area (Å²) in [4.78, 5) is 44.1. The maximum absolute atomic E-state index is 13.9. The van der Waals surface area contributed by atoms with E-state index in [1.54, 1.807) is 0 Å². The van der Waals surface area contributed by atoms with Gasteiger partial charge in [0.1, 0.15) is 0 Å². The quantitative estimate of drug-likeness (QED) is 0.318. The van der Waals surface area contributed by atoms with Gasteiger partial charge in [0.15, 0.2) is 0 Å². The monoisotopic (exact) mass is 641 g/mol. The van der Waals surface area contributed by atoms with E-state index in [1.807, 2.05) is 32.2 Å². The first-order valence-electron chi connectivity index (χ1n) is 17.5. The molecule has 1 amide bonds. The molecule has 9 nitrogen and oxygen atoms in total. The molecule has 2 aromatic heterocycles. The summed E-state index contributed by atoms with van der Waals surface area (Å²) in [5.74, 6) is -0.173. The summed E-state index contributed by atoms with van der Waals surface area (Å²) in [6.45, 7) is 14.3. The minimum absolute atomic E-state index is 0.155. The van der Waals surface area contributed by atoms with Crippen molar-refractivity contribution in [2.45, 2.75) is 85.0 Å². The van der Waals surface area contributed by atoms with Crippen LogP contribution in [0.15, 0.2) is 41.3 Å². The third-order valence-corrected chi connectivity index (χ3v) is 10.4. The van der Waals surface area contributed by atoms with Crippen molar-refractivity contribution in [3.63, 3.8) is 0 Å². The zero-order chi connectivity index (χ0) is 33.7. The van der Waals surface area contributed by atoms with E-state index in [-0.39, 0.29) is 18.0 Å². The predicted octanol–water partition coefficient (Wildman–Crippen LogP) is 5.13. The summed E-state index contributed by atoms with van der Waals surface area (Å²) in [6, 6.07) is 11.5. The van der Waals surface area contributed by atoms with Crippen LogP contribution in [0.1, 0.15) is 77.5 Å². The molecule has 1 saturated heterocycles. The lowest BCUT2D eigenvalue weighted by Gasteiger charge is -2.40. The van der Waals surface area contributed by atoms with Crippen LogP contribution in [-0.2, 0) is 13.1 Å². The molecular formula is C38H55N7O2. The predicted molar refractivity (Wildman–Crippen MR) is 192 cm³/mol. The lowest BCUT2D eigenvalue weighted by atomic mass is 9.88. The van der Waals surface area contributed by atoms with Gasteiger partial charge in [0.05, 0.1) is 5.69 Å². The first-order chi connectivity index (χ1) is 22.5. The van der Waals surface area contributed by atoms with E-state index in [1.165, 1.54) is 19.3 Å². The molecule has 254 valence electrons. The number of hydrogen-bond acceptors (Lipinski definition) is 7. The normalized spacial score (nSPS) is 19.5. The maximum Gasteiger partial charge on any atom is 0.253 e. The fourth-order valence-electron chi connectivity index (χ4n) is 7.45. The molecule has 0 spiro atoms. The molecule has 2 fully saturated rings. The van der Waals surface area contributed by atoms with Crippen LogP contribution in [0, 0.1) is 20.8 Å². The van der Waals surface area contributed by atoms with Crippen LogP contribution in [0.25, 0.3) is 11.1 Å². The number of nitrogens with zero attached hydrogens (tertiary/aromatic N) is 5. The number of nitrogens with one attached hydrogen (secondary N) is 2. The van der Waals surface area contributed by atoms with Crippen molar-refractivity contribution in [1.82, 2.24) is 30.0 Å². The van der Waals surface area contributed by atoms with E-state index in [2.05, 4.69) is 83.1 Å². The second-order valence-corrected chi connectivity index (χ2v) is 14.0. The third kappa shape index (κ3) is 8.50. The average molecular weight is 642 g/mol. The largest absolute Gasteiger partial charge is 0.369 e. The zero-order valence-electron chi connectivity index (χ0n) is 29.7. The number of aromatic nitrogens is 2. The number of aromatic amines is 1. The maximum atomic E-state index is 13.9. The van der Waals surface area contributed by atoms with Crippen molar-refractivity contribution in [2.75, 3.05) is 58.8 Å². The number of aryl methyl sites for hydroxylation is 2. The van der Waals surface area contributed by atoms with E-state index in [4.69, 9.17) is 4.98 Å².